The first kappa shape index (κ1) is 33.9. The van der Waals surface area contributed by atoms with E-state index in [1.165, 1.54) is 51.4 Å². The number of hydrogen-bond acceptors (Lipinski definition) is 5. The molecule has 3 saturated carbocycles. The molecule has 6 nitrogen and oxygen atoms in total. The standard InChI is InChI=1S/C38H63NO5/c1-25(2)9-8-10-26(3)32-15-16-33-31-14-13-27-21-30(17-19-37(27,4)34(31)18-20-38(32,33)5)44-36(43)12-7-6-11-35(42)39-23-29(41)22-28(39)24-40/h13,25-26,28-34,40-41H,6-12,14-24H2,1-5H3/t26-,28+,29-,30+,31?,32-,33?,34?,37+,38-/m1/s1. The number of amides is 1. The maximum atomic E-state index is 12.8. The van der Waals surface area contributed by atoms with E-state index in [4.69, 9.17) is 4.74 Å². The average molecular weight is 614 g/mol. The largest absolute Gasteiger partial charge is 0.462 e. The summed E-state index contributed by atoms with van der Waals surface area (Å²) in [6, 6.07) is -0.287. The lowest BCUT2D eigenvalue weighted by atomic mass is 9.47. The maximum Gasteiger partial charge on any atom is 0.306 e. The van der Waals surface area contributed by atoms with Crippen LogP contribution in [0.4, 0.5) is 0 Å². The molecule has 1 heterocycles. The van der Waals surface area contributed by atoms with Crippen molar-refractivity contribution in [1.29, 1.82) is 0 Å². The number of likely N-dealkylation sites (tertiary alicyclic amines) is 1. The number of esters is 1. The van der Waals surface area contributed by atoms with Gasteiger partial charge in [-0.2, -0.15) is 0 Å². The lowest BCUT2D eigenvalue weighted by molar-refractivity contribution is -0.151. The topological polar surface area (TPSA) is 87.1 Å². The lowest BCUT2D eigenvalue weighted by Crippen LogP contribution is -2.51. The number of aliphatic hydroxyl groups is 2. The zero-order valence-electron chi connectivity index (χ0n) is 28.6. The van der Waals surface area contributed by atoms with Crippen LogP contribution in [0.15, 0.2) is 11.6 Å². The number of rotatable bonds is 12. The van der Waals surface area contributed by atoms with Gasteiger partial charge in [0.05, 0.1) is 18.8 Å². The molecule has 0 spiro atoms. The van der Waals surface area contributed by atoms with Gasteiger partial charge in [-0.15, -0.1) is 0 Å². The number of carbonyl (C=O) groups excluding carboxylic acids is 2. The van der Waals surface area contributed by atoms with Crippen molar-refractivity contribution in [2.75, 3.05) is 13.2 Å². The van der Waals surface area contributed by atoms with Crippen molar-refractivity contribution in [2.45, 2.75) is 156 Å². The number of nitrogens with zero attached hydrogens (tertiary/aromatic N) is 1. The average Bonchev–Trinajstić information content (AvgIpc) is 3.54. The summed E-state index contributed by atoms with van der Waals surface area (Å²) in [5.41, 5.74) is 2.32. The number of unbranched alkanes of at least 4 members (excludes halogenated alkanes) is 1. The summed E-state index contributed by atoms with van der Waals surface area (Å²) < 4.78 is 6.01. The number of fused-ring (bicyclic) bond motifs is 5. The molecule has 2 N–H and O–H groups in total. The van der Waals surface area contributed by atoms with Gasteiger partial charge in [0.2, 0.25) is 5.91 Å². The molecule has 5 aliphatic rings. The Morgan fingerprint density at radius 2 is 1.77 bits per heavy atom. The highest BCUT2D eigenvalue weighted by Crippen LogP contribution is 2.67. The van der Waals surface area contributed by atoms with Crippen molar-refractivity contribution in [3.8, 4) is 0 Å². The number of allylic oxidation sites excluding steroid dienone is 1. The minimum absolute atomic E-state index is 0.0205. The maximum absolute atomic E-state index is 12.8. The third-order valence-electron chi connectivity index (χ3n) is 13.5. The molecule has 250 valence electrons. The van der Waals surface area contributed by atoms with Crippen LogP contribution in [0.25, 0.3) is 0 Å². The molecule has 10 atom stereocenters. The van der Waals surface area contributed by atoms with Gasteiger partial charge >= 0.3 is 5.97 Å². The van der Waals surface area contributed by atoms with Gasteiger partial charge in [0, 0.05) is 25.8 Å². The molecule has 0 radical (unpaired) electrons. The van der Waals surface area contributed by atoms with Crippen LogP contribution < -0.4 is 0 Å². The van der Waals surface area contributed by atoms with E-state index in [0.29, 0.717) is 44.1 Å². The summed E-state index contributed by atoms with van der Waals surface area (Å²) >= 11 is 0. The summed E-state index contributed by atoms with van der Waals surface area (Å²) in [6.07, 6.45) is 18.3. The van der Waals surface area contributed by atoms with Gasteiger partial charge < -0.3 is 19.8 Å². The SMILES string of the molecule is CC(C)CCC[C@@H](C)[C@H]1CCC2C3CC=C4C[C@@H](OC(=O)CCCCC(=O)N5C[C@H](O)C[C@H]5CO)CC[C@]4(C)C3CC[C@@]21C. The molecule has 5 rings (SSSR count). The Kier molecular flexibility index (Phi) is 10.9. The van der Waals surface area contributed by atoms with E-state index >= 15 is 0 Å². The lowest BCUT2D eigenvalue weighted by Gasteiger charge is -2.58. The molecule has 4 aliphatic carbocycles. The van der Waals surface area contributed by atoms with E-state index in [2.05, 4.69) is 40.7 Å². The molecular formula is C38H63NO5. The molecular weight excluding hydrogens is 550 g/mol. The predicted octanol–water partition coefficient (Wildman–Crippen LogP) is 7.45. The number of ether oxygens (including phenoxy) is 1. The highest BCUT2D eigenvalue weighted by atomic mass is 16.5. The molecule has 6 heteroatoms. The Morgan fingerprint density at radius 3 is 2.52 bits per heavy atom. The van der Waals surface area contributed by atoms with Gasteiger partial charge in [-0.05, 0) is 111 Å². The minimum atomic E-state index is -0.556. The van der Waals surface area contributed by atoms with Gasteiger partial charge in [0.25, 0.3) is 0 Å². The van der Waals surface area contributed by atoms with Gasteiger partial charge in [-0.1, -0.05) is 65.5 Å². The molecule has 1 saturated heterocycles. The van der Waals surface area contributed by atoms with Gasteiger partial charge in [0.15, 0.2) is 0 Å². The monoisotopic (exact) mass is 613 g/mol. The van der Waals surface area contributed by atoms with Crippen LogP contribution in [0, 0.1) is 46.3 Å². The minimum Gasteiger partial charge on any atom is -0.462 e. The van der Waals surface area contributed by atoms with Gasteiger partial charge in [-0.3, -0.25) is 9.59 Å². The van der Waals surface area contributed by atoms with Crippen molar-refractivity contribution in [3.63, 3.8) is 0 Å². The molecule has 0 bridgehead atoms. The van der Waals surface area contributed by atoms with Crippen LogP contribution in [0.5, 0.6) is 0 Å². The fraction of sp³-hybridized carbons (Fsp3) is 0.895. The second-order valence-corrected chi connectivity index (χ2v) is 16.6. The number of β-amino-alcohol motifs (C(OH)–C–C–N with tert-alkyl or cyclic N) is 1. The van der Waals surface area contributed by atoms with E-state index in [1.807, 2.05) is 0 Å². The third-order valence-corrected chi connectivity index (χ3v) is 13.5. The Labute approximate surface area is 267 Å². The van der Waals surface area contributed by atoms with E-state index < -0.39 is 6.10 Å². The van der Waals surface area contributed by atoms with Crippen LogP contribution in [-0.2, 0) is 14.3 Å². The number of aliphatic hydroxyl groups excluding tert-OH is 2. The van der Waals surface area contributed by atoms with Crippen molar-refractivity contribution < 1.29 is 24.5 Å². The van der Waals surface area contributed by atoms with Crippen LogP contribution in [-0.4, -0.2) is 58.4 Å². The van der Waals surface area contributed by atoms with Crippen molar-refractivity contribution >= 4 is 11.9 Å². The van der Waals surface area contributed by atoms with Crippen molar-refractivity contribution in [3.05, 3.63) is 11.6 Å². The number of hydrogen-bond donors (Lipinski definition) is 2. The molecule has 1 aliphatic heterocycles. The van der Waals surface area contributed by atoms with Crippen LogP contribution in [0.3, 0.4) is 0 Å². The van der Waals surface area contributed by atoms with Crippen molar-refractivity contribution in [2.24, 2.45) is 46.3 Å². The fourth-order valence-corrected chi connectivity index (χ4v) is 11.1. The Bertz CT molecular complexity index is 1040. The van der Waals surface area contributed by atoms with Crippen LogP contribution in [0.2, 0.25) is 0 Å². The first-order valence-electron chi connectivity index (χ1n) is 18.4. The third kappa shape index (κ3) is 6.97. The second-order valence-electron chi connectivity index (χ2n) is 16.6. The number of carbonyl (C=O) groups is 2. The fourth-order valence-electron chi connectivity index (χ4n) is 11.1. The van der Waals surface area contributed by atoms with E-state index in [9.17, 15) is 19.8 Å². The zero-order chi connectivity index (χ0) is 31.6. The normalized spacial score (nSPS) is 39.0. The van der Waals surface area contributed by atoms with Gasteiger partial charge in [-0.25, -0.2) is 0 Å². The summed E-state index contributed by atoms with van der Waals surface area (Å²) in [7, 11) is 0. The van der Waals surface area contributed by atoms with Gasteiger partial charge in [0.1, 0.15) is 6.10 Å². The van der Waals surface area contributed by atoms with E-state index in [1.54, 1.807) is 10.5 Å². The summed E-state index contributed by atoms with van der Waals surface area (Å²) in [4.78, 5) is 26.9. The first-order chi connectivity index (χ1) is 21.0. The molecule has 1 amide bonds. The summed E-state index contributed by atoms with van der Waals surface area (Å²) in [5.74, 6) is 4.80. The summed E-state index contributed by atoms with van der Waals surface area (Å²) in [6.45, 7) is 12.6. The highest BCUT2D eigenvalue weighted by molar-refractivity contribution is 5.77. The predicted molar refractivity (Wildman–Crippen MR) is 175 cm³/mol. The smallest absolute Gasteiger partial charge is 0.306 e. The Balaban J connectivity index is 1.09. The Hall–Kier alpha value is -1.40. The van der Waals surface area contributed by atoms with E-state index in [0.717, 1.165) is 54.8 Å². The van der Waals surface area contributed by atoms with E-state index in [-0.39, 0.29) is 36.0 Å². The molecule has 4 fully saturated rings. The van der Waals surface area contributed by atoms with Crippen LogP contribution >= 0.6 is 0 Å². The van der Waals surface area contributed by atoms with Crippen LogP contribution in [0.1, 0.15) is 137 Å². The molecule has 0 aromatic rings. The zero-order valence-corrected chi connectivity index (χ0v) is 28.6. The molecule has 3 unspecified atom stereocenters. The van der Waals surface area contributed by atoms with Crippen molar-refractivity contribution in [1.82, 2.24) is 4.90 Å². The molecule has 44 heavy (non-hydrogen) atoms. The summed E-state index contributed by atoms with van der Waals surface area (Å²) in [5, 5.41) is 19.3. The highest BCUT2D eigenvalue weighted by Gasteiger charge is 2.59. The quantitative estimate of drug-likeness (QED) is 0.136. The second kappa shape index (κ2) is 14.2. The first-order valence-corrected chi connectivity index (χ1v) is 18.4. The molecule has 0 aromatic carbocycles. The Morgan fingerprint density at radius 1 is 1.00 bits per heavy atom. The molecule has 0 aromatic heterocycles.